The predicted molar refractivity (Wildman–Crippen MR) is 52.2 cm³/mol. The molecule has 2 atom stereocenters. The van der Waals surface area contributed by atoms with Gasteiger partial charge < -0.3 is 10.2 Å². The fourth-order valence-corrected chi connectivity index (χ4v) is 1.41. The molecule has 2 nitrogen and oxygen atoms in total. The van der Waals surface area contributed by atoms with E-state index in [2.05, 4.69) is 0 Å². The van der Waals surface area contributed by atoms with Crippen LogP contribution in [0.4, 0.5) is 8.78 Å². The predicted octanol–water partition coefficient (Wildman–Crippen LogP) is 2.16. The minimum absolute atomic E-state index is 0.198. The van der Waals surface area contributed by atoms with E-state index < -0.39 is 23.8 Å². The topological polar surface area (TPSA) is 40.5 Å². The third-order valence-corrected chi connectivity index (χ3v) is 2.25. The summed E-state index contributed by atoms with van der Waals surface area (Å²) in [6, 6.07) is 3.54. The first-order valence-electron chi connectivity index (χ1n) is 4.88. The highest BCUT2D eigenvalue weighted by molar-refractivity contribution is 5.22. The summed E-state index contributed by atoms with van der Waals surface area (Å²) in [5.41, 5.74) is -0.198. The van der Waals surface area contributed by atoms with Gasteiger partial charge in [-0.15, -0.1) is 0 Å². The van der Waals surface area contributed by atoms with E-state index in [1.165, 1.54) is 12.1 Å². The summed E-state index contributed by atoms with van der Waals surface area (Å²) >= 11 is 0. The Morgan fingerprint density at radius 1 is 1.27 bits per heavy atom. The average Bonchev–Trinajstić information content (AvgIpc) is 2.21. The molecule has 0 saturated heterocycles. The molecule has 4 heteroatoms. The third-order valence-electron chi connectivity index (χ3n) is 2.25. The fourth-order valence-electron chi connectivity index (χ4n) is 1.41. The fraction of sp³-hybridized carbons (Fsp3) is 0.455. The smallest absolute Gasteiger partial charge is 0.164 e. The van der Waals surface area contributed by atoms with Crippen molar-refractivity contribution in [1.82, 2.24) is 0 Å². The van der Waals surface area contributed by atoms with Crippen LogP contribution in [0.25, 0.3) is 0 Å². The summed E-state index contributed by atoms with van der Waals surface area (Å²) in [5.74, 6) is -2.12. The van der Waals surface area contributed by atoms with E-state index >= 15 is 0 Å². The second kappa shape index (κ2) is 5.19. The van der Waals surface area contributed by atoms with Crippen LogP contribution in [0.5, 0.6) is 0 Å². The van der Waals surface area contributed by atoms with Gasteiger partial charge in [-0.2, -0.15) is 0 Å². The highest BCUT2D eigenvalue weighted by Crippen LogP contribution is 2.23. The van der Waals surface area contributed by atoms with Gasteiger partial charge in [0.05, 0.1) is 6.10 Å². The molecule has 0 aliphatic carbocycles. The van der Waals surface area contributed by atoms with Crippen molar-refractivity contribution >= 4 is 0 Å². The standard InChI is InChI=1S/C11H14F2O2/c1-2-4-9(14)11(15)7-5-3-6-8(12)10(7)13/h3,5-6,9,11,14-15H,2,4H2,1H3. The number of rotatable bonds is 4. The summed E-state index contributed by atoms with van der Waals surface area (Å²) in [6.45, 7) is 1.83. The van der Waals surface area contributed by atoms with Crippen LogP contribution in [0.2, 0.25) is 0 Å². The average molecular weight is 216 g/mol. The zero-order chi connectivity index (χ0) is 11.4. The van der Waals surface area contributed by atoms with E-state index in [1.807, 2.05) is 6.92 Å². The van der Waals surface area contributed by atoms with Crippen molar-refractivity contribution in [2.75, 3.05) is 0 Å². The molecule has 0 aromatic heterocycles. The summed E-state index contributed by atoms with van der Waals surface area (Å²) in [6.07, 6.45) is -1.43. The van der Waals surface area contributed by atoms with Crippen molar-refractivity contribution in [2.24, 2.45) is 0 Å². The van der Waals surface area contributed by atoms with Gasteiger partial charge in [0.2, 0.25) is 0 Å². The van der Waals surface area contributed by atoms with E-state index in [1.54, 1.807) is 0 Å². The summed E-state index contributed by atoms with van der Waals surface area (Å²) in [7, 11) is 0. The van der Waals surface area contributed by atoms with Gasteiger partial charge in [0.25, 0.3) is 0 Å². The van der Waals surface area contributed by atoms with Crippen LogP contribution in [-0.2, 0) is 0 Å². The van der Waals surface area contributed by atoms with Crippen LogP contribution in [0.1, 0.15) is 31.4 Å². The molecule has 0 heterocycles. The number of aliphatic hydroxyl groups is 2. The third kappa shape index (κ3) is 2.73. The van der Waals surface area contributed by atoms with Crippen LogP contribution in [-0.4, -0.2) is 16.3 Å². The molecule has 0 fully saturated rings. The molecule has 0 radical (unpaired) electrons. The first-order chi connectivity index (χ1) is 7.07. The van der Waals surface area contributed by atoms with Crippen LogP contribution in [0.15, 0.2) is 18.2 Å². The molecule has 0 saturated carbocycles. The number of hydrogen-bond acceptors (Lipinski definition) is 2. The number of halogens is 2. The molecule has 0 aliphatic heterocycles. The van der Waals surface area contributed by atoms with E-state index in [9.17, 15) is 19.0 Å². The molecule has 15 heavy (non-hydrogen) atoms. The van der Waals surface area contributed by atoms with Crippen molar-refractivity contribution in [3.8, 4) is 0 Å². The molecule has 0 spiro atoms. The molecule has 0 bridgehead atoms. The molecule has 1 aromatic rings. The molecule has 0 aliphatic rings. The minimum Gasteiger partial charge on any atom is -0.390 e. The number of benzene rings is 1. The van der Waals surface area contributed by atoms with Crippen molar-refractivity contribution in [3.05, 3.63) is 35.4 Å². The van der Waals surface area contributed by atoms with Gasteiger partial charge >= 0.3 is 0 Å². The second-order valence-electron chi connectivity index (χ2n) is 3.44. The van der Waals surface area contributed by atoms with E-state index in [0.29, 0.717) is 12.8 Å². The SMILES string of the molecule is CCCC(O)C(O)c1cccc(F)c1F. The summed E-state index contributed by atoms with van der Waals surface area (Å²) in [5, 5.41) is 19.0. The van der Waals surface area contributed by atoms with Crippen LogP contribution < -0.4 is 0 Å². The second-order valence-corrected chi connectivity index (χ2v) is 3.44. The molecule has 84 valence electrons. The maximum Gasteiger partial charge on any atom is 0.164 e. The van der Waals surface area contributed by atoms with Gasteiger partial charge in [-0.3, -0.25) is 0 Å². The van der Waals surface area contributed by atoms with Gasteiger partial charge in [-0.05, 0) is 12.5 Å². The van der Waals surface area contributed by atoms with Gasteiger partial charge in [0.1, 0.15) is 6.10 Å². The Bertz CT molecular complexity index is 328. The molecule has 1 aromatic carbocycles. The van der Waals surface area contributed by atoms with Crippen molar-refractivity contribution in [1.29, 1.82) is 0 Å². The van der Waals surface area contributed by atoms with E-state index in [-0.39, 0.29) is 5.56 Å². The van der Waals surface area contributed by atoms with Gasteiger partial charge in [0, 0.05) is 5.56 Å². The Morgan fingerprint density at radius 2 is 1.93 bits per heavy atom. The monoisotopic (exact) mass is 216 g/mol. The van der Waals surface area contributed by atoms with Crippen molar-refractivity contribution in [3.63, 3.8) is 0 Å². The normalized spacial score (nSPS) is 15.0. The molecule has 0 amide bonds. The molecule has 2 unspecified atom stereocenters. The van der Waals surface area contributed by atoms with E-state index in [0.717, 1.165) is 6.07 Å². The zero-order valence-corrected chi connectivity index (χ0v) is 8.45. The van der Waals surface area contributed by atoms with Crippen LogP contribution in [0.3, 0.4) is 0 Å². The maximum absolute atomic E-state index is 13.2. The Labute approximate surface area is 87.2 Å². The summed E-state index contributed by atoms with van der Waals surface area (Å²) < 4.78 is 26.0. The molecular weight excluding hydrogens is 202 g/mol. The Morgan fingerprint density at radius 3 is 2.53 bits per heavy atom. The lowest BCUT2D eigenvalue weighted by atomic mass is 10.0. The summed E-state index contributed by atoms with van der Waals surface area (Å²) in [4.78, 5) is 0. The Kier molecular flexibility index (Phi) is 4.17. The number of hydrogen-bond donors (Lipinski definition) is 2. The quantitative estimate of drug-likeness (QED) is 0.809. The van der Waals surface area contributed by atoms with Gasteiger partial charge in [-0.25, -0.2) is 8.78 Å². The van der Waals surface area contributed by atoms with Gasteiger partial charge in [-0.1, -0.05) is 25.5 Å². The lowest BCUT2D eigenvalue weighted by Crippen LogP contribution is -2.19. The largest absolute Gasteiger partial charge is 0.390 e. The lowest BCUT2D eigenvalue weighted by molar-refractivity contribution is 0.0107. The van der Waals surface area contributed by atoms with E-state index in [4.69, 9.17) is 0 Å². The first kappa shape index (κ1) is 12.1. The maximum atomic E-state index is 13.2. The van der Waals surface area contributed by atoms with Crippen LogP contribution >= 0.6 is 0 Å². The van der Waals surface area contributed by atoms with Gasteiger partial charge in [0.15, 0.2) is 11.6 Å². The first-order valence-corrected chi connectivity index (χ1v) is 4.88. The lowest BCUT2D eigenvalue weighted by Gasteiger charge is -2.18. The minimum atomic E-state index is -1.37. The van der Waals surface area contributed by atoms with Crippen molar-refractivity contribution in [2.45, 2.75) is 32.0 Å². The number of aliphatic hydroxyl groups excluding tert-OH is 2. The van der Waals surface area contributed by atoms with Crippen molar-refractivity contribution < 1.29 is 19.0 Å². The molecule has 2 N–H and O–H groups in total. The highest BCUT2D eigenvalue weighted by Gasteiger charge is 2.22. The van der Waals surface area contributed by atoms with Crippen LogP contribution in [0, 0.1) is 11.6 Å². The highest BCUT2D eigenvalue weighted by atomic mass is 19.2. The molecule has 1 rings (SSSR count). The zero-order valence-electron chi connectivity index (χ0n) is 8.45. The molecular formula is C11H14F2O2. The Hall–Kier alpha value is -1.00. The Balaban J connectivity index is 2.90.